The Hall–Kier alpha value is -1.49. The van der Waals surface area contributed by atoms with E-state index in [0.717, 1.165) is 17.4 Å². The number of halogens is 1. The van der Waals surface area contributed by atoms with Crippen LogP contribution in [0.15, 0.2) is 25.8 Å². The molecule has 1 aliphatic heterocycles. The van der Waals surface area contributed by atoms with Crippen LogP contribution in [0.2, 0.25) is 0 Å². The van der Waals surface area contributed by atoms with Gasteiger partial charge in [-0.1, -0.05) is 0 Å². The standard InChI is InChI=1S/C12H9BrO4/c1-15-11-9-6(2-3-16-9)4-7-5-8(13)12(14)17-10(7)11/h4-5H,2-3H2,1H3. The highest BCUT2D eigenvalue weighted by Crippen LogP contribution is 2.41. The largest absolute Gasteiger partial charge is 0.490 e. The van der Waals surface area contributed by atoms with E-state index in [1.54, 1.807) is 13.2 Å². The van der Waals surface area contributed by atoms with E-state index in [0.29, 0.717) is 28.2 Å². The molecule has 0 aliphatic carbocycles. The van der Waals surface area contributed by atoms with Gasteiger partial charge in [0.25, 0.3) is 0 Å². The minimum atomic E-state index is -0.422. The Balaban J connectivity index is 2.45. The lowest BCUT2D eigenvalue weighted by Gasteiger charge is -2.09. The summed E-state index contributed by atoms with van der Waals surface area (Å²) in [4.78, 5) is 11.5. The van der Waals surface area contributed by atoms with Crippen molar-refractivity contribution in [2.24, 2.45) is 0 Å². The zero-order valence-corrected chi connectivity index (χ0v) is 10.7. The first kappa shape index (κ1) is 10.7. The van der Waals surface area contributed by atoms with Crippen LogP contribution in [0.3, 0.4) is 0 Å². The molecular formula is C12H9BrO4. The summed E-state index contributed by atoms with van der Waals surface area (Å²) in [5, 5.41) is 0.831. The summed E-state index contributed by atoms with van der Waals surface area (Å²) >= 11 is 3.17. The van der Waals surface area contributed by atoms with Gasteiger partial charge < -0.3 is 13.9 Å². The van der Waals surface area contributed by atoms with Gasteiger partial charge in [-0.25, -0.2) is 4.79 Å². The summed E-state index contributed by atoms with van der Waals surface area (Å²) in [6.45, 7) is 0.632. The summed E-state index contributed by atoms with van der Waals surface area (Å²) in [5.74, 6) is 1.19. The lowest BCUT2D eigenvalue weighted by atomic mass is 10.1. The topological polar surface area (TPSA) is 48.7 Å². The zero-order chi connectivity index (χ0) is 12.0. The van der Waals surface area contributed by atoms with Crippen LogP contribution in [0.4, 0.5) is 0 Å². The molecule has 17 heavy (non-hydrogen) atoms. The van der Waals surface area contributed by atoms with Gasteiger partial charge in [0.05, 0.1) is 13.7 Å². The second-order valence-corrected chi connectivity index (χ2v) is 4.65. The van der Waals surface area contributed by atoms with Gasteiger partial charge in [0.2, 0.25) is 5.75 Å². The van der Waals surface area contributed by atoms with Crippen molar-refractivity contribution in [2.75, 3.05) is 13.7 Å². The molecule has 1 aliphatic rings. The third kappa shape index (κ3) is 1.53. The van der Waals surface area contributed by atoms with Crippen LogP contribution in [0.1, 0.15) is 5.56 Å². The number of fused-ring (bicyclic) bond motifs is 2. The number of ether oxygens (including phenoxy) is 2. The van der Waals surface area contributed by atoms with E-state index in [2.05, 4.69) is 15.9 Å². The van der Waals surface area contributed by atoms with Crippen LogP contribution in [0, 0.1) is 0 Å². The van der Waals surface area contributed by atoms with E-state index < -0.39 is 5.63 Å². The Morgan fingerprint density at radius 3 is 3.00 bits per heavy atom. The molecule has 2 aromatic rings. The van der Waals surface area contributed by atoms with Crippen molar-refractivity contribution in [3.8, 4) is 11.5 Å². The summed E-state index contributed by atoms with van der Waals surface area (Å²) in [6, 6.07) is 3.70. The van der Waals surface area contributed by atoms with Crippen LogP contribution in [0.5, 0.6) is 11.5 Å². The molecule has 5 heteroatoms. The quantitative estimate of drug-likeness (QED) is 0.759. The van der Waals surface area contributed by atoms with E-state index in [1.165, 1.54) is 0 Å². The van der Waals surface area contributed by atoms with Gasteiger partial charge in [0.15, 0.2) is 11.3 Å². The molecule has 88 valence electrons. The number of hydrogen-bond acceptors (Lipinski definition) is 4. The molecule has 1 aromatic heterocycles. The molecule has 0 saturated heterocycles. The maximum atomic E-state index is 11.5. The van der Waals surface area contributed by atoms with Crippen molar-refractivity contribution >= 4 is 26.9 Å². The van der Waals surface area contributed by atoms with Gasteiger partial charge in [0.1, 0.15) is 4.47 Å². The van der Waals surface area contributed by atoms with Gasteiger partial charge >= 0.3 is 5.63 Å². The molecule has 3 rings (SSSR count). The molecule has 0 radical (unpaired) electrons. The Labute approximate surface area is 105 Å². The number of benzene rings is 1. The molecule has 0 amide bonds. The molecular weight excluding hydrogens is 288 g/mol. The van der Waals surface area contributed by atoms with E-state index in [-0.39, 0.29) is 0 Å². The Bertz CT molecular complexity index is 660. The van der Waals surface area contributed by atoms with Crippen LogP contribution in [-0.2, 0) is 6.42 Å². The zero-order valence-electron chi connectivity index (χ0n) is 9.08. The highest BCUT2D eigenvalue weighted by molar-refractivity contribution is 9.10. The summed E-state index contributed by atoms with van der Waals surface area (Å²) in [7, 11) is 1.54. The van der Waals surface area contributed by atoms with E-state index in [9.17, 15) is 4.79 Å². The SMILES string of the molecule is COc1c2c(cc3cc(Br)c(=O)oc13)CCO2. The predicted molar refractivity (Wildman–Crippen MR) is 65.9 cm³/mol. The lowest BCUT2D eigenvalue weighted by Crippen LogP contribution is -2.00. The summed E-state index contributed by atoms with van der Waals surface area (Å²) in [6.07, 6.45) is 0.846. The number of hydrogen-bond donors (Lipinski definition) is 0. The maximum Gasteiger partial charge on any atom is 0.350 e. The molecule has 0 spiro atoms. The van der Waals surface area contributed by atoms with E-state index in [1.807, 2.05) is 6.07 Å². The average Bonchev–Trinajstić information content (AvgIpc) is 2.75. The Kier molecular flexibility index (Phi) is 2.36. The van der Waals surface area contributed by atoms with Crippen LogP contribution < -0.4 is 15.1 Å². The monoisotopic (exact) mass is 296 g/mol. The second kappa shape index (κ2) is 3.77. The first-order valence-corrected chi connectivity index (χ1v) is 5.96. The second-order valence-electron chi connectivity index (χ2n) is 3.80. The van der Waals surface area contributed by atoms with Crippen molar-refractivity contribution < 1.29 is 13.9 Å². The predicted octanol–water partition coefficient (Wildman–Crippen LogP) is 2.50. The fraction of sp³-hybridized carbons (Fsp3) is 0.250. The van der Waals surface area contributed by atoms with Gasteiger partial charge in [-0.2, -0.15) is 0 Å². The smallest absolute Gasteiger partial charge is 0.350 e. The Morgan fingerprint density at radius 1 is 1.41 bits per heavy atom. The minimum Gasteiger partial charge on any atom is -0.490 e. The fourth-order valence-corrected chi connectivity index (χ4v) is 2.37. The van der Waals surface area contributed by atoms with E-state index in [4.69, 9.17) is 13.9 Å². The van der Waals surface area contributed by atoms with Crippen LogP contribution >= 0.6 is 15.9 Å². The highest BCUT2D eigenvalue weighted by Gasteiger charge is 2.22. The lowest BCUT2D eigenvalue weighted by molar-refractivity contribution is 0.324. The van der Waals surface area contributed by atoms with Crippen molar-refractivity contribution in [3.05, 3.63) is 32.6 Å². The van der Waals surface area contributed by atoms with Crippen LogP contribution in [0.25, 0.3) is 11.0 Å². The third-order valence-electron chi connectivity index (χ3n) is 2.79. The number of rotatable bonds is 1. The molecule has 0 atom stereocenters. The van der Waals surface area contributed by atoms with E-state index >= 15 is 0 Å². The molecule has 0 unspecified atom stereocenters. The highest BCUT2D eigenvalue weighted by atomic mass is 79.9. The molecule has 4 nitrogen and oxygen atoms in total. The maximum absolute atomic E-state index is 11.5. The molecule has 0 saturated carbocycles. The average molecular weight is 297 g/mol. The molecule has 0 bridgehead atoms. The molecule has 1 aromatic carbocycles. The minimum absolute atomic E-state index is 0.408. The first-order chi connectivity index (χ1) is 8.20. The van der Waals surface area contributed by atoms with Crippen LogP contribution in [-0.4, -0.2) is 13.7 Å². The molecule has 0 fully saturated rings. The van der Waals surface area contributed by atoms with Crippen molar-refractivity contribution in [2.45, 2.75) is 6.42 Å². The summed E-state index contributed by atoms with van der Waals surface area (Å²) < 4.78 is 16.4. The van der Waals surface area contributed by atoms with Gasteiger partial charge in [-0.15, -0.1) is 0 Å². The van der Waals surface area contributed by atoms with Crippen molar-refractivity contribution in [3.63, 3.8) is 0 Å². The number of methoxy groups -OCH3 is 1. The van der Waals surface area contributed by atoms with Crippen molar-refractivity contribution in [1.82, 2.24) is 0 Å². The third-order valence-corrected chi connectivity index (χ3v) is 3.34. The van der Waals surface area contributed by atoms with Crippen molar-refractivity contribution in [1.29, 1.82) is 0 Å². The van der Waals surface area contributed by atoms with Gasteiger partial charge in [-0.3, -0.25) is 0 Å². The first-order valence-electron chi connectivity index (χ1n) is 5.16. The van der Waals surface area contributed by atoms with Gasteiger partial charge in [-0.05, 0) is 28.1 Å². The van der Waals surface area contributed by atoms with Gasteiger partial charge in [0, 0.05) is 17.4 Å². The Morgan fingerprint density at radius 2 is 2.24 bits per heavy atom. The normalized spacial score (nSPS) is 13.5. The fourth-order valence-electron chi connectivity index (χ4n) is 2.04. The summed E-state index contributed by atoms with van der Waals surface area (Å²) in [5.41, 5.74) is 1.09. The molecule has 2 heterocycles. The molecule has 0 N–H and O–H groups in total.